The number of rotatable bonds is 4. The summed E-state index contributed by atoms with van der Waals surface area (Å²) >= 11 is 0. The van der Waals surface area contributed by atoms with Crippen LogP contribution in [0.2, 0.25) is 0 Å². The third-order valence-corrected chi connectivity index (χ3v) is 15.4. The fraction of sp³-hybridized carbons (Fsp3) is 0.719. The minimum absolute atomic E-state index is 0.292. The van der Waals surface area contributed by atoms with Crippen LogP contribution in [-0.2, 0) is 0 Å². The molecule has 0 saturated heterocycles. The van der Waals surface area contributed by atoms with Crippen molar-refractivity contribution in [3.8, 4) is 5.69 Å². The molecule has 8 aliphatic rings. The third kappa shape index (κ3) is 3.20. The van der Waals surface area contributed by atoms with Gasteiger partial charge in [0.2, 0.25) is 0 Å². The van der Waals surface area contributed by atoms with Crippen LogP contribution in [-0.4, -0.2) is 19.9 Å². The zero-order valence-corrected chi connectivity index (χ0v) is 23.0. The maximum atomic E-state index is 5.40. The predicted molar refractivity (Wildman–Crippen MR) is 146 cm³/mol. The number of aryl methyl sites for hydroxylation is 3. The summed E-state index contributed by atoms with van der Waals surface area (Å²) in [6.45, 7) is 6.91. The van der Waals surface area contributed by atoms with Crippen LogP contribution < -0.4 is 5.57 Å². The normalized spacial score (nSPS) is 43.7. The molecular formula is C32H43N2P. The Balaban J connectivity index is 1.32. The van der Waals surface area contributed by atoms with E-state index in [9.17, 15) is 0 Å². The van der Waals surface area contributed by atoms with Crippen LogP contribution in [0.4, 0.5) is 0 Å². The van der Waals surface area contributed by atoms with Gasteiger partial charge in [-0.1, -0.05) is 17.7 Å². The van der Waals surface area contributed by atoms with Crippen molar-refractivity contribution in [3.05, 3.63) is 41.2 Å². The zero-order chi connectivity index (χ0) is 23.5. The monoisotopic (exact) mass is 486 g/mol. The summed E-state index contributed by atoms with van der Waals surface area (Å²) in [6.07, 6.45) is 23.0. The van der Waals surface area contributed by atoms with Crippen molar-refractivity contribution in [2.45, 2.75) is 108 Å². The molecule has 35 heavy (non-hydrogen) atoms. The summed E-state index contributed by atoms with van der Waals surface area (Å²) in [6, 6.07) is 4.79. The van der Waals surface area contributed by atoms with Gasteiger partial charge >= 0.3 is 0 Å². The van der Waals surface area contributed by atoms with Crippen molar-refractivity contribution < 1.29 is 0 Å². The zero-order valence-electron chi connectivity index (χ0n) is 22.1. The predicted octanol–water partition coefficient (Wildman–Crippen LogP) is 7.84. The van der Waals surface area contributed by atoms with E-state index < -0.39 is 0 Å². The molecule has 0 N–H and O–H groups in total. The first-order valence-electron chi connectivity index (χ1n) is 14.8. The average Bonchev–Trinajstić information content (AvgIpc) is 3.19. The second kappa shape index (κ2) is 7.46. The van der Waals surface area contributed by atoms with Gasteiger partial charge in [-0.05, 0) is 163 Å². The summed E-state index contributed by atoms with van der Waals surface area (Å²) in [7, 11) is -0.292. The molecule has 0 spiro atoms. The molecule has 2 aromatic rings. The molecule has 0 aliphatic heterocycles. The highest BCUT2D eigenvalue weighted by atomic mass is 31.1. The molecule has 1 aromatic heterocycles. The molecule has 0 atom stereocenters. The first-order chi connectivity index (χ1) is 16.9. The largest absolute Gasteiger partial charge is 0.300 e. The molecule has 0 radical (unpaired) electrons. The van der Waals surface area contributed by atoms with Gasteiger partial charge in [-0.3, -0.25) is 4.57 Å². The van der Waals surface area contributed by atoms with E-state index in [1.54, 1.807) is 38.5 Å². The minimum atomic E-state index is -0.292. The van der Waals surface area contributed by atoms with Crippen molar-refractivity contribution >= 4 is 13.5 Å². The van der Waals surface area contributed by atoms with Gasteiger partial charge in [0.1, 0.15) is 5.57 Å². The molecule has 8 saturated carbocycles. The number of aromatic nitrogens is 2. The number of hydrogen-bond donors (Lipinski definition) is 0. The van der Waals surface area contributed by atoms with Crippen molar-refractivity contribution in [2.24, 2.45) is 35.5 Å². The van der Waals surface area contributed by atoms with Gasteiger partial charge in [0.05, 0.1) is 5.69 Å². The summed E-state index contributed by atoms with van der Waals surface area (Å²) in [5.41, 5.74) is 7.19. The van der Waals surface area contributed by atoms with E-state index in [1.165, 1.54) is 66.5 Å². The third-order valence-electron chi connectivity index (χ3n) is 11.7. The lowest BCUT2D eigenvalue weighted by Crippen LogP contribution is -2.58. The van der Waals surface area contributed by atoms with Gasteiger partial charge in [0, 0.05) is 12.4 Å². The molecule has 2 nitrogen and oxygen atoms in total. The van der Waals surface area contributed by atoms with Gasteiger partial charge in [-0.25, -0.2) is 4.98 Å². The average molecular weight is 487 g/mol. The summed E-state index contributed by atoms with van der Waals surface area (Å²) < 4.78 is 2.63. The van der Waals surface area contributed by atoms with Crippen molar-refractivity contribution in [3.63, 3.8) is 0 Å². The number of imidazole rings is 1. The van der Waals surface area contributed by atoms with Crippen molar-refractivity contribution in [1.82, 2.24) is 9.55 Å². The Labute approximate surface area is 213 Å². The highest BCUT2D eigenvalue weighted by Gasteiger charge is 2.64. The Kier molecular flexibility index (Phi) is 4.67. The van der Waals surface area contributed by atoms with E-state index in [2.05, 4.69) is 49.9 Å². The van der Waals surface area contributed by atoms with E-state index in [0.717, 1.165) is 35.5 Å². The number of nitrogens with zero attached hydrogens (tertiary/aromatic N) is 2. The van der Waals surface area contributed by atoms with E-state index in [1.807, 2.05) is 0 Å². The van der Waals surface area contributed by atoms with Crippen LogP contribution in [0.15, 0.2) is 24.5 Å². The van der Waals surface area contributed by atoms with Gasteiger partial charge in [0.25, 0.3) is 0 Å². The Morgan fingerprint density at radius 2 is 1.09 bits per heavy atom. The molecule has 10 rings (SSSR count). The van der Waals surface area contributed by atoms with Crippen LogP contribution >= 0.6 is 7.92 Å². The van der Waals surface area contributed by atoms with Crippen molar-refractivity contribution in [1.29, 1.82) is 0 Å². The van der Waals surface area contributed by atoms with Crippen LogP contribution in [0.1, 0.15) is 93.7 Å². The van der Waals surface area contributed by atoms with Gasteiger partial charge in [-0.15, -0.1) is 0 Å². The maximum Gasteiger partial charge on any atom is 0.137 e. The Bertz CT molecular complexity index is 1040. The minimum Gasteiger partial charge on any atom is -0.300 e. The standard InChI is InChI=1S/C32H43N2P/c1-20-6-21(2)29(22(3)7-20)34-5-4-33-30(34)35(31-14-23-8-24(15-31)10-25(9-23)16-31)32-17-26-11-27(18-32)13-28(12-26)19-32/h4-7,23-28H,8-19H2,1-3H3. The summed E-state index contributed by atoms with van der Waals surface area (Å²) in [5.74, 6) is 6.12. The number of benzene rings is 1. The highest BCUT2D eigenvalue weighted by Crippen LogP contribution is 2.78. The van der Waals surface area contributed by atoms with Crippen LogP contribution in [0.5, 0.6) is 0 Å². The SMILES string of the molecule is Cc1cc(C)c(-n2ccnc2P(C23CC4CC(CC(C4)C2)C3)C23CC4CC(CC(C4)C2)C3)c(C)c1. The molecule has 186 valence electrons. The summed E-state index contributed by atoms with van der Waals surface area (Å²) in [4.78, 5) is 5.40. The topological polar surface area (TPSA) is 17.8 Å². The molecule has 8 fully saturated rings. The van der Waals surface area contributed by atoms with Crippen molar-refractivity contribution in [2.75, 3.05) is 0 Å². The van der Waals surface area contributed by atoms with E-state index in [4.69, 9.17) is 4.98 Å². The Hall–Kier alpha value is -1.14. The maximum absolute atomic E-state index is 5.40. The van der Waals surface area contributed by atoms with E-state index >= 15 is 0 Å². The molecular weight excluding hydrogens is 443 g/mol. The second-order valence-electron chi connectivity index (χ2n) is 14.5. The smallest absolute Gasteiger partial charge is 0.137 e. The second-order valence-corrected chi connectivity index (χ2v) is 17.4. The molecule has 1 heterocycles. The first-order valence-corrected chi connectivity index (χ1v) is 16.2. The number of hydrogen-bond acceptors (Lipinski definition) is 1. The first kappa shape index (κ1) is 21.9. The molecule has 8 aliphatic carbocycles. The van der Waals surface area contributed by atoms with E-state index in [0.29, 0.717) is 10.3 Å². The molecule has 1 aromatic carbocycles. The van der Waals surface area contributed by atoms with Crippen LogP contribution in [0.3, 0.4) is 0 Å². The lowest BCUT2D eigenvalue weighted by Gasteiger charge is -2.67. The molecule has 8 bridgehead atoms. The molecule has 0 unspecified atom stereocenters. The van der Waals surface area contributed by atoms with Gasteiger partial charge in [-0.2, -0.15) is 0 Å². The quantitative estimate of drug-likeness (QED) is 0.403. The fourth-order valence-corrected chi connectivity index (χ4v) is 16.9. The van der Waals surface area contributed by atoms with Crippen LogP contribution in [0.25, 0.3) is 5.69 Å². The van der Waals surface area contributed by atoms with E-state index in [-0.39, 0.29) is 7.92 Å². The lowest BCUT2D eigenvalue weighted by molar-refractivity contribution is 0.0194. The van der Waals surface area contributed by atoms with Gasteiger partial charge < -0.3 is 0 Å². The van der Waals surface area contributed by atoms with Gasteiger partial charge in [0.15, 0.2) is 0 Å². The fourth-order valence-electron chi connectivity index (χ4n) is 11.8. The Morgan fingerprint density at radius 3 is 1.49 bits per heavy atom. The highest BCUT2D eigenvalue weighted by molar-refractivity contribution is 7.68. The molecule has 0 amide bonds. The summed E-state index contributed by atoms with van der Waals surface area (Å²) in [5, 5.41) is 1.15. The Morgan fingerprint density at radius 1 is 0.686 bits per heavy atom. The van der Waals surface area contributed by atoms with Crippen LogP contribution in [0, 0.1) is 56.3 Å². The molecule has 3 heteroatoms. The lowest BCUT2D eigenvalue weighted by atomic mass is 9.55.